The van der Waals surface area contributed by atoms with Crippen LogP contribution in [-0.2, 0) is 21.4 Å². The van der Waals surface area contributed by atoms with Crippen LogP contribution in [0.15, 0.2) is 6.07 Å². The van der Waals surface area contributed by atoms with Crippen molar-refractivity contribution in [2.24, 2.45) is 0 Å². The van der Waals surface area contributed by atoms with Crippen LogP contribution in [-0.4, -0.2) is 44.8 Å². The summed E-state index contributed by atoms with van der Waals surface area (Å²) in [6, 6.07) is 1.57. The summed E-state index contributed by atoms with van der Waals surface area (Å²) in [5, 5.41) is 2.94. The average molecular weight is 275 g/mol. The topological polar surface area (TPSA) is 119 Å². The second-order valence-corrected chi connectivity index (χ2v) is 5.45. The van der Waals surface area contributed by atoms with Crippen molar-refractivity contribution in [1.29, 1.82) is 0 Å². The Kier molecular flexibility index (Phi) is 5.25. The zero-order valence-electron chi connectivity index (χ0n) is 10.3. The molecule has 1 aromatic heterocycles. The van der Waals surface area contributed by atoms with Crippen LogP contribution in [0.1, 0.15) is 5.82 Å². The summed E-state index contributed by atoms with van der Waals surface area (Å²) in [6.07, 6.45) is 1.10. The van der Waals surface area contributed by atoms with E-state index in [9.17, 15) is 8.42 Å². The number of aromatic nitrogens is 2. The minimum atomic E-state index is -3.17. The molecular formula is C9H17N5O3S. The molecule has 0 saturated heterocycles. The molecule has 0 aliphatic heterocycles. The lowest BCUT2D eigenvalue weighted by Crippen LogP contribution is -2.27. The second-order valence-electron chi connectivity index (χ2n) is 3.62. The van der Waals surface area contributed by atoms with Crippen LogP contribution >= 0.6 is 0 Å². The molecule has 0 aliphatic carbocycles. The van der Waals surface area contributed by atoms with Gasteiger partial charge in [0.1, 0.15) is 18.2 Å². The fourth-order valence-corrected chi connectivity index (χ4v) is 1.70. The van der Waals surface area contributed by atoms with E-state index in [-0.39, 0.29) is 13.2 Å². The van der Waals surface area contributed by atoms with E-state index in [1.54, 1.807) is 6.07 Å². The van der Waals surface area contributed by atoms with E-state index in [1.807, 2.05) is 0 Å². The number of sulfonamides is 1. The Bertz CT molecular complexity index is 491. The summed E-state index contributed by atoms with van der Waals surface area (Å²) in [7, 11) is -1.63. The van der Waals surface area contributed by atoms with Gasteiger partial charge < -0.3 is 15.8 Å². The summed E-state index contributed by atoms with van der Waals surface area (Å²) in [5.74, 6) is 1.33. The van der Waals surface area contributed by atoms with Gasteiger partial charge in [-0.15, -0.1) is 0 Å². The first kappa shape index (κ1) is 14.6. The predicted molar refractivity (Wildman–Crippen MR) is 68.5 cm³/mol. The quantitative estimate of drug-likeness (QED) is 0.555. The Labute approximate surface area is 106 Å². The van der Waals surface area contributed by atoms with Crippen molar-refractivity contribution in [1.82, 2.24) is 14.7 Å². The first-order valence-corrected chi connectivity index (χ1v) is 7.11. The van der Waals surface area contributed by atoms with Crippen LogP contribution < -0.4 is 15.8 Å². The van der Waals surface area contributed by atoms with Crippen molar-refractivity contribution >= 4 is 21.7 Å². The maximum Gasteiger partial charge on any atom is 0.208 e. The number of hydrogen-bond donors (Lipinski definition) is 3. The highest BCUT2D eigenvalue weighted by atomic mass is 32.2. The third kappa shape index (κ3) is 5.75. The Morgan fingerprint density at radius 1 is 1.39 bits per heavy atom. The molecule has 0 radical (unpaired) electrons. The average Bonchev–Trinajstić information content (AvgIpc) is 2.23. The van der Waals surface area contributed by atoms with Crippen molar-refractivity contribution < 1.29 is 13.2 Å². The fourth-order valence-electron chi connectivity index (χ4n) is 1.23. The molecule has 4 N–H and O–H groups in total. The Morgan fingerprint density at radius 3 is 2.72 bits per heavy atom. The van der Waals surface area contributed by atoms with Crippen LogP contribution in [0.4, 0.5) is 11.6 Å². The number of methoxy groups -OCH3 is 1. The maximum atomic E-state index is 10.8. The molecule has 0 amide bonds. The van der Waals surface area contributed by atoms with Gasteiger partial charge in [-0.2, -0.15) is 0 Å². The van der Waals surface area contributed by atoms with E-state index >= 15 is 0 Å². The van der Waals surface area contributed by atoms with Gasteiger partial charge in [0, 0.05) is 26.3 Å². The molecule has 0 atom stereocenters. The van der Waals surface area contributed by atoms with Gasteiger partial charge in [0.2, 0.25) is 10.0 Å². The van der Waals surface area contributed by atoms with Gasteiger partial charge in [-0.25, -0.2) is 23.1 Å². The highest BCUT2D eigenvalue weighted by Crippen LogP contribution is 2.08. The Hall–Kier alpha value is -1.45. The fraction of sp³-hybridized carbons (Fsp3) is 0.556. The van der Waals surface area contributed by atoms with Crippen LogP contribution in [0, 0.1) is 0 Å². The van der Waals surface area contributed by atoms with E-state index in [4.69, 9.17) is 10.5 Å². The molecule has 0 unspecified atom stereocenters. The van der Waals surface area contributed by atoms with Crippen molar-refractivity contribution in [3.8, 4) is 0 Å². The number of nitrogen functional groups attached to an aromatic ring is 1. The molecule has 0 bridgehead atoms. The number of rotatable bonds is 7. The number of ether oxygens (including phenoxy) is 1. The normalized spacial score (nSPS) is 11.4. The maximum absolute atomic E-state index is 10.8. The summed E-state index contributed by atoms with van der Waals surface area (Å²) >= 11 is 0. The third-order valence-corrected chi connectivity index (χ3v) is 2.59. The van der Waals surface area contributed by atoms with E-state index < -0.39 is 10.0 Å². The monoisotopic (exact) mass is 275 g/mol. The lowest BCUT2D eigenvalue weighted by atomic mass is 10.4. The smallest absolute Gasteiger partial charge is 0.208 e. The molecule has 0 aliphatic rings. The number of nitrogens with zero attached hydrogens (tertiary/aromatic N) is 2. The summed E-state index contributed by atoms with van der Waals surface area (Å²) in [5.41, 5.74) is 5.61. The van der Waals surface area contributed by atoms with Crippen LogP contribution in [0.3, 0.4) is 0 Å². The largest absolute Gasteiger partial charge is 0.384 e. The SMILES string of the molecule is COCc1nc(N)cc(NCCNS(C)(=O)=O)n1. The third-order valence-electron chi connectivity index (χ3n) is 1.86. The van der Waals surface area contributed by atoms with E-state index in [2.05, 4.69) is 20.0 Å². The first-order chi connectivity index (χ1) is 8.40. The summed E-state index contributed by atoms with van der Waals surface area (Å²) < 4.78 is 28.9. The lowest BCUT2D eigenvalue weighted by Gasteiger charge is -2.08. The van der Waals surface area contributed by atoms with Crippen molar-refractivity contribution in [2.75, 3.05) is 37.5 Å². The minimum Gasteiger partial charge on any atom is -0.384 e. The second kappa shape index (κ2) is 6.47. The van der Waals surface area contributed by atoms with Gasteiger partial charge in [0.15, 0.2) is 5.82 Å². The van der Waals surface area contributed by atoms with Crippen molar-refractivity contribution in [3.05, 3.63) is 11.9 Å². The highest BCUT2D eigenvalue weighted by Gasteiger charge is 2.03. The van der Waals surface area contributed by atoms with Gasteiger partial charge in [0.25, 0.3) is 0 Å². The van der Waals surface area contributed by atoms with Gasteiger partial charge in [-0.05, 0) is 0 Å². The van der Waals surface area contributed by atoms with Crippen molar-refractivity contribution in [3.63, 3.8) is 0 Å². The molecule has 1 heterocycles. The molecular weight excluding hydrogens is 258 g/mol. The lowest BCUT2D eigenvalue weighted by molar-refractivity contribution is 0.178. The molecule has 0 saturated carbocycles. The molecule has 9 heteroatoms. The summed E-state index contributed by atoms with van der Waals surface area (Å²) in [4.78, 5) is 8.13. The molecule has 1 aromatic rings. The van der Waals surface area contributed by atoms with Gasteiger partial charge in [0.05, 0.1) is 6.26 Å². The molecule has 102 valence electrons. The number of hydrogen-bond acceptors (Lipinski definition) is 7. The standard InChI is InChI=1S/C9H17N5O3S/c1-17-6-9-13-7(10)5-8(14-9)11-3-4-12-18(2,15)16/h5,12H,3-4,6H2,1-2H3,(H3,10,11,13,14). The van der Waals surface area contributed by atoms with Crippen molar-refractivity contribution in [2.45, 2.75) is 6.61 Å². The molecule has 0 aromatic carbocycles. The zero-order chi connectivity index (χ0) is 13.6. The Morgan fingerprint density at radius 2 is 2.11 bits per heavy atom. The van der Waals surface area contributed by atoms with Crippen LogP contribution in [0.2, 0.25) is 0 Å². The highest BCUT2D eigenvalue weighted by molar-refractivity contribution is 7.88. The number of nitrogens with one attached hydrogen (secondary N) is 2. The van der Waals surface area contributed by atoms with E-state index in [0.717, 1.165) is 6.26 Å². The van der Waals surface area contributed by atoms with Gasteiger partial charge in [-0.3, -0.25) is 0 Å². The number of anilines is 2. The van der Waals surface area contributed by atoms with Crippen LogP contribution in [0.5, 0.6) is 0 Å². The van der Waals surface area contributed by atoms with Crippen LogP contribution in [0.25, 0.3) is 0 Å². The van der Waals surface area contributed by atoms with E-state index in [1.165, 1.54) is 7.11 Å². The minimum absolute atomic E-state index is 0.265. The Balaban J connectivity index is 2.51. The van der Waals surface area contributed by atoms with Gasteiger partial charge in [-0.1, -0.05) is 0 Å². The van der Waals surface area contributed by atoms with E-state index in [0.29, 0.717) is 24.0 Å². The predicted octanol–water partition coefficient (Wildman–Crippen LogP) is -0.834. The molecule has 0 spiro atoms. The number of nitrogens with two attached hydrogens (primary N) is 1. The van der Waals surface area contributed by atoms with Gasteiger partial charge >= 0.3 is 0 Å². The molecule has 8 nitrogen and oxygen atoms in total. The molecule has 18 heavy (non-hydrogen) atoms. The molecule has 0 fully saturated rings. The molecule has 1 rings (SSSR count). The first-order valence-electron chi connectivity index (χ1n) is 5.21. The zero-order valence-corrected chi connectivity index (χ0v) is 11.1. The summed E-state index contributed by atoms with van der Waals surface area (Å²) in [6.45, 7) is 0.930.